The smallest absolute Gasteiger partial charge is 0.437 e. The number of halogens is 3. The lowest BCUT2D eigenvalue weighted by Crippen LogP contribution is -2.11. The SMILES string of the molecule is O=C(O)c1oc(-c2cc3ccccc3s2)nc1C(F)(F)F. The Labute approximate surface area is 119 Å². The molecule has 8 heteroatoms. The number of hydrogen-bond acceptors (Lipinski definition) is 4. The van der Waals surface area contributed by atoms with E-state index in [-0.39, 0.29) is 5.89 Å². The summed E-state index contributed by atoms with van der Waals surface area (Å²) in [6.07, 6.45) is -4.88. The second-order valence-corrected chi connectivity index (χ2v) is 5.23. The van der Waals surface area contributed by atoms with Crippen LogP contribution in [0.2, 0.25) is 0 Å². The quantitative estimate of drug-likeness (QED) is 0.767. The topological polar surface area (TPSA) is 63.3 Å². The van der Waals surface area contributed by atoms with Gasteiger partial charge in [0.05, 0.1) is 4.88 Å². The van der Waals surface area contributed by atoms with Crippen LogP contribution in [0.3, 0.4) is 0 Å². The first-order valence-electron chi connectivity index (χ1n) is 5.66. The maximum absolute atomic E-state index is 12.8. The Hall–Kier alpha value is -2.35. The normalized spacial score (nSPS) is 12.0. The minimum Gasteiger partial charge on any atom is -0.475 e. The van der Waals surface area contributed by atoms with Crippen LogP contribution in [0.25, 0.3) is 20.9 Å². The highest BCUT2D eigenvalue weighted by atomic mass is 32.1. The lowest BCUT2D eigenvalue weighted by molar-refractivity contribution is -0.141. The molecule has 3 aromatic rings. The van der Waals surface area contributed by atoms with Crippen molar-refractivity contribution < 1.29 is 27.5 Å². The van der Waals surface area contributed by atoms with E-state index in [2.05, 4.69) is 4.98 Å². The number of aromatic carboxylic acids is 1. The molecular formula is C13H6F3NO3S. The fraction of sp³-hybridized carbons (Fsp3) is 0.0769. The van der Waals surface area contributed by atoms with Crippen LogP contribution in [0.5, 0.6) is 0 Å². The van der Waals surface area contributed by atoms with Crippen LogP contribution in [0.1, 0.15) is 16.2 Å². The maximum atomic E-state index is 12.8. The molecule has 1 aromatic carbocycles. The van der Waals surface area contributed by atoms with Crippen LogP contribution < -0.4 is 0 Å². The highest BCUT2D eigenvalue weighted by molar-refractivity contribution is 7.22. The fourth-order valence-electron chi connectivity index (χ4n) is 1.85. The van der Waals surface area contributed by atoms with Gasteiger partial charge in [-0.25, -0.2) is 9.78 Å². The number of carboxylic acid groups (broad SMARTS) is 1. The Bertz CT molecular complexity index is 802. The molecule has 108 valence electrons. The summed E-state index contributed by atoms with van der Waals surface area (Å²) in [4.78, 5) is 14.5. The zero-order valence-electron chi connectivity index (χ0n) is 10.1. The summed E-state index contributed by atoms with van der Waals surface area (Å²) < 4.78 is 43.9. The van der Waals surface area contributed by atoms with Crippen molar-refractivity contribution in [3.05, 3.63) is 41.8 Å². The number of benzene rings is 1. The van der Waals surface area contributed by atoms with Crippen molar-refractivity contribution in [3.63, 3.8) is 0 Å². The second kappa shape index (κ2) is 4.59. The molecule has 0 saturated carbocycles. The number of oxazole rings is 1. The molecule has 1 N–H and O–H groups in total. The van der Waals surface area contributed by atoms with E-state index in [1.54, 1.807) is 30.3 Å². The Morgan fingerprint density at radius 1 is 1.29 bits per heavy atom. The lowest BCUT2D eigenvalue weighted by Gasteiger charge is -2.00. The molecule has 0 aliphatic heterocycles. The molecule has 0 aliphatic carbocycles. The lowest BCUT2D eigenvalue weighted by atomic mass is 10.2. The van der Waals surface area contributed by atoms with Gasteiger partial charge in [0.25, 0.3) is 0 Å². The Kier molecular flexibility index (Phi) is 2.98. The summed E-state index contributed by atoms with van der Waals surface area (Å²) >= 11 is 1.18. The van der Waals surface area contributed by atoms with Gasteiger partial charge >= 0.3 is 12.1 Å². The number of thiophene rings is 1. The fourth-order valence-corrected chi connectivity index (χ4v) is 2.84. The van der Waals surface area contributed by atoms with Crippen molar-refractivity contribution in [2.24, 2.45) is 0 Å². The molecule has 0 atom stereocenters. The van der Waals surface area contributed by atoms with Crippen LogP contribution in [0, 0.1) is 0 Å². The molecule has 0 fully saturated rings. The van der Waals surface area contributed by atoms with Crippen molar-refractivity contribution in [3.8, 4) is 10.8 Å². The van der Waals surface area contributed by atoms with Crippen LogP contribution in [0.4, 0.5) is 13.2 Å². The number of nitrogens with zero attached hydrogens (tertiary/aromatic N) is 1. The minimum atomic E-state index is -4.88. The number of hydrogen-bond donors (Lipinski definition) is 1. The Morgan fingerprint density at radius 2 is 2.00 bits per heavy atom. The van der Waals surface area contributed by atoms with Crippen molar-refractivity contribution >= 4 is 27.4 Å². The monoisotopic (exact) mass is 313 g/mol. The number of fused-ring (bicyclic) bond motifs is 1. The van der Waals surface area contributed by atoms with Crippen molar-refractivity contribution in [2.45, 2.75) is 6.18 Å². The Balaban J connectivity index is 2.16. The zero-order chi connectivity index (χ0) is 15.2. The summed E-state index contributed by atoms with van der Waals surface area (Å²) in [6.45, 7) is 0. The number of carboxylic acids is 1. The number of alkyl halides is 3. The summed E-state index contributed by atoms with van der Waals surface area (Å²) in [7, 11) is 0. The van der Waals surface area contributed by atoms with E-state index >= 15 is 0 Å². The predicted molar refractivity (Wildman–Crippen MR) is 69.3 cm³/mol. The first-order valence-corrected chi connectivity index (χ1v) is 6.48. The zero-order valence-corrected chi connectivity index (χ0v) is 11.0. The number of aromatic nitrogens is 1. The van der Waals surface area contributed by atoms with Gasteiger partial charge in [-0.15, -0.1) is 11.3 Å². The minimum absolute atomic E-state index is 0.342. The molecule has 2 heterocycles. The van der Waals surface area contributed by atoms with Crippen molar-refractivity contribution in [1.29, 1.82) is 0 Å². The van der Waals surface area contributed by atoms with Crippen LogP contribution in [0.15, 0.2) is 34.7 Å². The Morgan fingerprint density at radius 3 is 2.57 bits per heavy atom. The summed E-state index contributed by atoms with van der Waals surface area (Å²) in [5, 5.41) is 9.62. The molecule has 0 saturated heterocycles. The van der Waals surface area contributed by atoms with Gasteiger partial charge < -0.3 is 9.52 Å². The van der Waals surface area contributed by atoms with Gasteiger partial charge in [0.2, 0.25) is 11.7 Å². The van der Waals surface area contributed by atoms with Gasteiger partial charge in [-0.3, -0.25) is 0 Å². The van der Waals surface area contributed by atoms with E-state index in [9.17, 15) is 18.0 Å². The van der Waals surface area contributed by atoms with Gasteiger partial charge in [-0.05, 0) is 17.5 Å². The van der Waals surface area contributed by atoms with Crippen LogP contribution in [-0.2, 0) is 6.18 Å². The van der Waals surface area contributed by atoms with Gasteiger partial charge in [0, 0.05) is 4.70 Å². The average molecular weight is 313 g/mol. The van der Waals surface area contributed by atoms with Gasteiger partial charge in [0.1, 0.15) is 0 Å². The van der Waals surface area contributed by atoms with E-state index in [4.69, 9.17) is 9.52 Å². The molecule has 0 bridgehead atoms. The number of carbonyl (C=O) groups is 1. The molecule has 2 aromatic heterocycles. The molecule has 0 aliphatic rings. The predicted octanol–water partition coefficient (Wildman–Crippen LogP) is 4.27. The van der Waals surface area contributed by atoms with Crippen LogP contribution >= 0.6 is 11.3 Å². The second-order valence-electron chi connectivity index (χ2n) is 4.15. The van der Waals surface area contributed by atoms with Gasteiger partial charge in [-0.1, -0.05) is 18.2 Å². The molecule has 0 amide bonds. The average Bonchev–Trinajstić information content (AvgIpc) is 3.02. The van der Waals surface area contributed by atoms with E-state index in [0.717, 1.165) is 10.1 Å². The summed E-state index contributed by atoms with van der Waals surface area (Å²) in [5.74, 6) is -3.35. The maximum Gasteiger partial charge on any atom is 0.437 e. The van der Waals surface area contributed by atoms with E-state index in [1.807, 2.05) is 0 Å². The molecule has 3 rings (SSSR count). The highest BCUT2D eigenvalue weighted by Crippen LogP contribution is 2.38. The first-order chi connectivity index (χ1) is 9.86. The number of rotatable bonds is 2. The van der Waals surface area contributed by atoms with Gasteiger partial charge in [-0.2, -0.15) is 13.2 Å². The largest absolute Gasteiger partial charge is 0.475 e. The molecular weight excluding hydrogens is 307 g/mol. The molecule has 0 spiro atoms. The molecule has 4 nitrogen and oxygen atoms in total. The van der Waals surface area contributed by atoms with E-state index in [1.165, 1.54) is 11.3 Å². The summed E-state index contributed by atoms with van der Waals surface area (Å²) in [6, 6.07) is 8.79. The molecule has 21 heavy (non-hydrogen) atoms. The van der Waals surface area contributed by atoms with E-state index < -0.39 is 23.6 Å². The summed E-state index contributed by atoms with van der Waals surface area (Å²) in [5.41, 5.74) is -1.53. The molecule has 0 unspecified atom stereocenters. The molecule has 0 radical (unpaired) electrons. The van der Waals surface area contributed by atoms with E-state index in [0.29, 0.717) is 4.88 Å². The van der Waals surface area contributed by atoms with Crippen LogP contribution in [-0.4, -0.2) is 16.1 Å². The third-order valence-electron chi connectivity index (χ3n) is 2.73. The van der Waals surface area contributed by atoms with Gasteiger partial charge in [0.15, 0.2) is 5.69 Å². The standard InChI is InChI=1S/C13H6F3NO3S/c14-13(15,16)10-9(12(18)19)20-11(17-10)8-5-6-3-1-2-4-7(6)21-8/h1-5H,(H,18,19). The first kappa shape index (κ1) is 13.6. The third kappa shape index (κ3) is 2.38. The van der Waals surface area contributed by atoms with Crippen molar-refractivity contribution in [2.75, 3.05) is 0 Å². The highest BCUT2D eigenvalue weighted by Gasteiger charge is 2.41. The van der Waals surface area contributed by atoms with Crippen molar-refractivity contribution in [1.82, 2.24) is 4.98 Å². The third-order valence-corrected chi connectivity index (χ3v) is 3.83.